The van der Waals surface area contributed by atoms with Crippen LogP contribution in [0.15, 0.2) is 54.7 Å². The normalized spacial score (nSPS) is 10.4. The molecule has 2 amide bonds. The Kier molecular flexibility index (Phi) is 6.81. The standard InChI is InChI=1S/C23H24N4O4/c1-15-4-8-18(9-5-15)12-27-13-20(22(26-27)19-10-6-16(2)7-11-19)23(30)31-14-21(29)25-24-17(3)28/h4-11,13H,12,14H2,1-3H3,(H,24,28)(H,25,29). The summed E-state index contributed by atoms with van der Waals surface area (Å²) >= 11 is 0. The lowest BCUT2D eigenvalue weighted by molar-refractivity contribution is -0.129. The van der Waals surface area contributed by atoms with Crippen LogP contribution in [-0.4, -0.2) is 34.2 Å². The molecule has 0 bridgehead atoms. The fourth-order valence-corrected chi connectivity index (χ4v) is 2.86. The van der Waals surface area contributed by atoms with Crippen molar-refractivity contribution >= 4 is 17.8 Å². The molecule has 3 rings (SSSR count). The molecule has 3 aromatic rings. The first-order valence-corrected chi connectivity index (χ1v) is 9.74. The molecule has 2 N–H and O–H groups in total. The SMILES string of the molecule is CC(=O)NNC(=O)COC(=O)c1cn(Cc2ccc(C)cc2)nc1-c1ccc(C)cc1. The molecule has 8 heteroatoms. The molecule has 31 heavy (non-hydrogen) atoms. The third-order valence-corrected chi connectivity index (χ3v) is 4.48. The lowest BCUT2D eigenvalue weighted by Crippen LogP contribution is -2.42. The maximum absolute atomic E-state index is 12.7. The van der Waals surface area contributed by atoms with Crippen molar-refractivity contribution in [3.8, 4) is 11.3 Å². The number of carbonyl (C=O) groups excluding carboxylic acids is 3. The van der Waals surface area contributed by atoms with Gasteiger partial charge < -0.3 is 4.74 Å². The minimum absolute atomic E-state index is 0.253. The highest BCUT2D eigenvalue weighted by molar-refractivity contribution is 5.97. The van der Waals surface area contributed by atoms with E-state index < -0.39 is 24.4 Å². The maximum Gasteiger partial charge on any atom is 0.342 e. The van der Waals surface area contributed by atoms with Crippen LogP contribution in [0.3, 0.4) is 0 Å². The minimum atomic E-state index is -0.677. The number of ether oxygens (including phenoxy) is 1. The molecule has 1 heterocycles. The molecule has 0 unspecified atom stereocenters. The number of nitrogens with one attached hydrogen (secondary N) is 2. The number of esters is 1. The Morgan fingerprint density at radius 2 is 1.55 bits per heavy atom. The van der Waals surface area contributed by atoms with Crippen LogP contribution in [0.25, 0.3) is 11.3 Å². The number of aromatic nitrogens is 2. The van der Waals surface area contributed by atoms with Gasteiger partial charge in [0.25, 0.3) is 5.91 Å². The van der Waals surface area contributed by atoms with E-state index in [9.17, 15) is 14.4 Å². The van der Waals surface area contributed by atoms with Gasteiger partial charge in [0.2, 0.25) is 5.91 Å². The Morgan fingerprint density at radius 3 is 2.16 bits per heavy atom. The molecule has 8 nitrogen and oxygen atoms in total. The van der Waals surface area contributed by atoms with Crippen molar-refractivity contribution in [2.75, 3.05) is 6.61 Å². The van der Waals surface area contributed by atoms with E-state index in [0.717, 1.165) is 22.3 Å². The molecular weight excluding hydrogens is 396 g/mol. The number of hydrazine groups is 1. The molecule has 0 fully saturated rings. The molecule has 0 aliphatic heterocycles. The molecule has 0 saturated carbocycles. The van der Waals surface area contributed by atoms with Gasteiger partial charge in [-0.05, 0) is 19.4 Å². The zero-order valence-electron chi connectivity index (χ0n) is 17.6. The predicted octanol–water partition coefficient (Wildman–Crippen LogP) is 2.54. The van der Waals surface area contributed by atoms with Gasteiger partial charge in [-0.1, -0.05) is 59.7 Å². The molecular formula is C23H24N4O4. The molecule has 1 aromatic heterocycles. The Morgan fingerprint density at radius 1 is 0.935 bits per heavy atom. The van der Waals surface area contributed by atoms with Gasteiger partial charge in [-0.2, -0.15) is 5.10 Å². The monoisotopic (exact) mass is 420 g/mol. The number of hydrogen-bond donors (Lipinski definition) is 2. The first kappa shape index (κ1) is 21.8. The van der Waals surface area contributed by atoms with E-state index in [0.29, 0.717) is 12.2 Å². The lowest BCUT2D eigenvalue weighted by atomic mass is 10.1. The van der Waals surface area contributed by atoms with Crippen LogP contribution < -0.4 is 10.9 Å². The minimum Gasteiger partial charge on any atom is -0.452 e. The molecule has 0 aliphatic rings. The van der Waals surface area contributed by atoms with E-state index in [1.165, 1.54) is 6.92 Å². The van der Waals surface area contributed by atoms with Crippen molar-refractivity contribution < 1.29 is 19.1 Å². The summed E-state index contributed by atoms with van der Waals surface area (Å²) in [4.78, 5) is 35.3. The Labute approximate surface area is 180 Å². The van der Waals surface area contributed by atoms with Crippen LogP contribution in [0.2, 0.25) is 0 Å². The molecule has 0 aliphatic carbocycles. The van der Waals surface area contributed by atoms with Crippen LogP contribution in [0, 0.1) is 13.8 Å². The van der Waals surface area contributed by atoms with Crippen molar-refractivity contribution in [2.24, 2.45) is 0 Å². The van der Waals surface area contributed by atoms with Gasteiger partial charge in [0.05, 0.1) is 6.54 Å². The third-order valence-electron chi connectivity index (χ3n) is 4.48. The predicted molar refractivity (Wildman–Crippen MR) is 115 cm³/mol. The summed E-state index contributed by atoms with van der Waals surface area (Å²) in [6.07, 6.45) is 1.61. The van der Waals surface area contributed by atoms with E-state index in [-0.39, 0.29) is 5.56 Å². The van der Waals surface area contributed by atoms with E-state index in [2.05, 4.69) is 16.0 Å². The summed E-state index contributed by atoms with van der Waals surface area (Å²) in [5.41, 5.74) is 9.06. The zero-order chi connectivity index (χ0) is 22.4. The van der Waals surface area contributed by atoms with Crippen LogP contribution in [-0.2, 0) is 20.9 Å². The number of aryl methyl sites for hydroxylation is 2. The fourth-order valence-electron chi connectivity index (χ4n) is 2.86. The fraction of sp³-hybridized carbons (Fsp3) is 0.217. The van der Waals surface area contributed by atoms with Gasteiger partial charge >= 0.3 is 5.97 Å². The Hall–Kier alpha value is -3.94. The van der Waals surface area contributed by atoms with Crippen molar-refractivity contribution in [1.29, 1.82) is 0 Å². The second-order valence-corrected chi connectivity index (χ2v) is 7.25. The van der Waals surface area contributed by atoms with Gasteiger partial charge in [-0.3, -0.25) is 25.1 Å². The van der Waals surface area contributed by atoms with Gasteiger partial charge in [0, 0.05) is 18.7 Å². The second kappa shape index (κ2) is 9.71. The van der Waals surface area contributed by atoms with Crippen LogP contribution >= 0.6 is 0 Å². The van der Waals surface area contributed by atoms with Crippen molar-refractivity contribution in [3.63, 3.8) is 0 Å². The van der Waals surface area contributed by atoms with E-state index in [1.807, 2.05) is 62.4 Å². The molecule has 160 valence electrons. The summed E-state index contributed by atoms with van der Waals surface area (Å²) in [5.74, 6) is -1.75. The third kappa shape index (κ3) is 6.02. The Balaban J connectivity index is 1.82. The average molecular weight is 420 g/mol. The van der Waals surface area contributed by atoms with Crippen LogP contribution in [0.4, 0.5) is 0 Å². The highest BCUT2D eigenvalue weighted by Gasteiger charge is 2.20. The number of amides is 2. The molecule has 0 spiro atoms. The van der Waals surface area contributed by atoms with Gasteiger partial charge in [0.15, 0.2) is 6.61 Å². The summed E-state index contributed by atoms with van der Waals surface area (Å²) in [6, 6.07) is 15.7. The highest BCUT2D eigenvalue weighted by atomic mass is 16.5. The van der Waals surface area contributed by atoms with E-state index >= 15 is 0 Å². The van der Waals surface area contributed by atoms with Crippen molar-refractivity contribution in [1.82, 2.24) is 20.6 Å². The molecule has 2 aromatic carbocycles. The topological polar surface area (TPSA) is 102 Å². The number of nitrogens with zero attached hydrogens (tertiary/aromatic N) is 2. The first-order chi connectivity index (χ1) is 14.8. The Bertz CT molecular complexity index is 1090. The summed E-state index contributed by atoms with van der Waals surface area (Å²) in [6.45, 7) is 5.19. The van der Waals surface area contributed by atoms with Gasteiger partial charge in [-0.15, -0.1) is 0 Å². The summed E-state index contributed by atoms with van der Waals surface area (Å²) < 4.78 is 6.81. The quantitative estimate of drug-likeness (QED) is 0.471. The molecule has 0 radical (unpaired) electrons. The van der Waals surface area contributed by atoms with E-state index in [1.54, 1.807) is 10.9 Å². The van der Waals surface area contributed by atoms with Crippen molar-refractivity contribution in [2.45, 2.75) is 27.3 Å². The smallest absolute Gasteiger partial charge is 0.342 e. The summed E-state index contributed by atoms with van der Waals surface area (Å²) in [7, 11) is 0. The number of benzene rings is 2. The van der Waals surface area contributed by atoms with Gasteiger partial charge in [0.1, 0.15) is 11.3 Å². The highest BCUT2D eigenvalue weighted by Crippen LogP contribution is 2.24. The maximum atomic E-state index is 12.7. The molecule has 0 atom stereocenters. The number of hydrogen-bond acceptors (Lipinski definition) is 5. The molecule has 0 saturated heterocycles. The summed E-state index contributed by atoms with van der Waals surface area (Å²) in [5, 5.41) is 4.59. The largest absolute Gasteiger partial charge is 0.452 e. The van der Waals surface area contributed by atoms with Crippen LogP contribution in [0.1, 0.15) is 34.0 Å². The number of rotatable bonds is 6. The van der Waals surface area contributed by atoms with Crippen LogP contribution in [0.5, 0.6) is 0 Å². The average Bonchev–Trinajstić information content (AvgIpc) is 3.16. The van der Waals surface area contributed by atoms with Gasteiger partial charge in [-0.25, -0.2) is 4.79 Å². The van der Waals surface area contributed by atoms with E-state index in [4.69, 9.17) is 4.74 Å². The second-order valence-electron chi connectivity index (χ2n) is 7.25. The van der Waals surface area contributed by atoms with Crippen molar-refractivity contribution in [3.05, 3.63) is 77.0 Å². The number of carbonyl (C=O) groups is 3. The zero-order valence-corrected chi connectivity index (χ0v) is 17.6. The lowest BCUT2D eigenvalue weighted by Gasteiger charge is -2.06. The first-order valence-electron chi connectivity index (χ1n) is 9.74.